The lowest BCUT2D eigenvalue weighted by atomic mass is 9.95. The van der Waals surface area contributed by atoms with Gasteiger partial charge in [-0.05, 0) is 36.1 Å². The van der Waals surface area contributed by atoms with Gasteiger partial charge in [0, 0.05) is 17.5 Å². The summed E-state index contributed by atoms with van der Waals surface area (Å²) in [5, 5.41) is 0. The van der Waals surface area contributed by atoms with Crippen LogP contribution in [0.2, 0.25) is 0 Å². The Morgan fingerprint density at radius 2 is 1.85 bits per heavy atom. The largest absolute Gasteiger partial charge is 0.496 e. The van der Waals surface area contributed by atoms with E-state index in [2.05, 4.69) is 6.07 Å². The zero-order valence-electron chi connectivity index (χ0n) is 12.0. The molecule has 0 saturated carbocycles. The second-order valence-corrected chi connectivity index (χ2v) is 5.06. The van der Waals surface area contributed by atoms with Crippen LogP contribution in [0.4, 0.5) is 4.39 Å². The molecule has 106 valence electrons. The maximum Gasteiger partial charge on any atom is 0.130 e. The molecule has 0 aliphatic carbocycles. The third-order valence-corrected chi connectivity index (χ3v) is 3.73. The van der Waals surface area contributed by atoms with Crippen LogP contribution in [0.15, 0.2) is 30.3 Å². The summed E-state index contributed by atoms with van der Waals surface area (Å²) in [7, 11) is 1.55. The van der Waals surface area contributed by atoms with E-state index in [1.807, 2.05) is 32.0 Å². The summed E-state index contributed by atoms with van der Waals surface area (Å²) in [4.78, 5) is 0. The summed E-state index contributed by atoms with van der Waals surface area (Å²) in [6.45, 7) is 3.96. The summed E-state index contributed by atoms with van der Waals surface area (Å²) in [6.07, 6.45) is 0.644. The van der Waals surface area contributed by atoms with Crippen molar-refractivity contribution in [1.29, 1.82) is 0 Å². The zero-order valence-corrected chi connectivity index (χ0v) is 12.7. The summed E-state index contributed by atoms with van der Waals surface area (Å²) in [6, 6.07) is 9.40. The van der Waals surface area contributed by atoms with E-state index >= 15 is 0 Å². The third kappa shape index (κ3) is 2.80. The standard InChI is InChI=1S/C17H18ClFO/c1-4-12-8-15(17(20-3)9-16(12)19)14-6-5-11(2)7-13(14)10-18/h5-9H,4,10H2,1-3H3. The van der Waals surface area contributed by atoms with Gasteiger partial charge >= 0.3 is 0 Å². The maximum absolute atomic E-state index is 13.9. The molecule has 0 amide bonds. The van der Waals surface area contributed by atoms with Gasteiger partial charge in [0.15, 0.2) is 0 Å². The highest BCUT2D eigenvalue weighted by atomic mass is 35.5. The third-order valence-electron chi connectivity index (χ3n) is 3.44. The molecule has 2 aromatic rings. The fourth-order valence-electron chi connectivity index (χ4n) is 2.35. The SMILES string of the molecule is CCc1cc(-c2ccc(C)cc2CCl)c(OC)cc1F. The first-order valence-electron chi connectivity index (χ1n) is 6.63. The Hall–Kier alpha value is -1.54. The molecule has 0 spiro atoms. The van der Waals surface area contributed by atoms with Crippen molar-refractivity contribution in [2.75, 3.05) is 7.11 Å². The summed E-state index contributed by atoms with van der Waals surface area (Å²) >= 11 is 6.04. The van der Waals surface area contributed by atoms with Crippen molar-refractivity contribution in [2.45, 2.75) is 26.1 Å². The molecule has 0 radical (unpaired) electrons. The number of methoxy groups -OCH3 is 1. The Kier molecular flexibility index (Phi) is 4.66. The van der Waals surface area contributed by atoms with Gasteiger partial charge in [0.25, 0.3) is 0 Å². The quantitative estimate of drug-likeness (QED) is 0.712. The van der Waals surface area contributed by atoms with E-state index in [1.54, 1.807) is 7.11 Å². The van der Waals surface area contributed by atoms with Crippen LogP contribution < -0.4 is 4.74 Å². The highest BCUT2D eigenvalue weighted by Crippen LogP contribution is 2.35. The first-order valence-corrected chi connectivity index (χ1v) is 7.16. The lowest BCUT2D eigenvalue weighted by Crippen LogP contribution is -1.97. The van der Waals surface area contributed by atoms with Gasteiger partial charge in [0.1, 0.15) is 11.6 Å². The van der Waals surface area contributed by atoms with Crippen molar-refractivity contribution in [2.24, 2.45) is 0 Å². The Bertz CT molecular complexity index is 623. The van der Waals surface area contributed by atoms with Crippen molar-refractivity contribution in [3.63, 3.8) is 0 Å². The van der Waals surface area contributed by atoms with Crippen molar-refractivity contribution in [3.8, 4) is 16.9 Å². The second-order valence-electron chi connectivity index (χ2n) is 4.79. The summed E-state index contributed by atoms with van der Waals surface area (Å²) in [5.74, 6) is 0.724. The Balaban J connectivity index is 2.67. The lowest BCUT2D eigenvalue weighted by Gasteiger charge is -2.14. The number of rotatable bonds is 4. The molecule has 1 nitrogen and oxygen atoms in total. The minimum atomic E-state index is -0.229. The molecule has 0 bridgehead atoms. The predicted molar refractivity (Wildman–Crippen MR) is 82.1 cm³/mol. The molecule has 0 saturated heterocycles. The van der Waals surface area contributed by atoms with Gasteiger partial charge in [-0.3, -0.25) is 0 Å². The highest BCUT2D eigenvalue weighted by Gasteiger charge is 2.14. The van der Waals surface area contributed by atoms with E-state index in [0.29, 0.717) is 23.6 Å². The molecule has 2 rings (SSSR count). The maximum atomic E-state index is 13.9. The number of alkyl halides is 1. The predicted octanol–water partition coefficient (Wildman–Crippen LogP) is 5.11. The minimum absolute atomic E-state index is 0.229. The molecule has 3 heteroatoms. The smallest absolute Gasteiger partial charge is 0.130 e. The molecule has 0 atom stereocenters. The Labute approximate surface area is 124 Å². The van der Waals surface area contributed by atoms with E-state index < -0.39 is 0 Å². The van der Waals surface area contributed by atoms with Crippen LogP contribution in [0.1, 0.15) is 23.6 Å². The monoisotopic (exact) mass is 292 g/mol. The number of ether oxygens (including phenoxy) is 1. The topological polar surface area (TPSA) is 9.23 Å². The van der Waals surface area contributed by atoms with Gasteiger partial charge in [-0.2, -0.15) is 0 Å². The van der Waals surface area contributed by atoms with Crippen LogP contribution in [0, 0.1) is 12.7 Å². The highest BCUT2D eigenvalue weighted by molar-refractivity contribution is 6.17. The van der Waals surface area contributed by atoms with Crippen LogP contribution in [0.3, 0.4) is 0 Å². The van der Waals surface area contributed by atoms with Gasteiger partial charge in [0.2, 0.25) is 0 Å². The number of benzene rings is 2. The minimum Gasteiger partial charge on any atom is -0.496 e. The van der Waals surface area contributed by atoms with Crippen LogP contribution in [-0.4, -0.2) is 7.11 Å². The molecule has 2 aromatic carbocycles. The van der Waals surface area contributed by atoms with Gasteiger partial charge in [0.05, 0.1) is 7.11 Å². The van der Waals surface area contributed by atoms with Crippen molar-refractivity contribution in [3.05, 3.63) is 52.8 Å². The van der Waals surface area contributed by atoms with E-state index in [-0.39, 0.29) is 5.82 Å². The molecule has 0 N–H and O–H groups in total. The molecule has 0 aliphatic heterocycles. The molecule has 0 aromatic heterocycles. The molecule has 20 heavy (non-hydrogen) atoms. The van der Waals surface area contributed by atoms with E-state index in [0.717, 1.165) is 22.3 Å². The van der Waals surface area contributed by atoms with Crippen LogP contribution in [-0.2, 0) is 12.3 Å². The average Bonchev–Trinajstić information content (AvgIpc) is 2.47. The average molecular weight is 293 g/mol. The van der Waals surface area contributed by atoms with Gasteiger partial charge in [-0.15, -0.1) is 11.6 Å². The lowest BCUT2D eigenvalue weighted by molar-refractivity contribution is 0.412. The van der Waals surface area contributed by atoms with Crippen molar-refractivity contribution in [1.82, 2.24) is 0 Å². The number of halogens is 2. The summed E-state index contributed by atoms with van der Waals surface area (Å²) < 4.78 is 19.2. The molecular formula is C17H18ClFO. The van der Waals surface area contributed by atoms with Crippen LogP contribution in [0.25, 0.3) is 11.1 Å². The number of hydrogen-bond donors (Lipinski definition) is 0. The molecular weight excluding hydrogens is 275 g/mol. The first kappa shape index (κ1) is 14.9. The molecule has 0 aliphatic rings. The molecule has 0 heterocycles. The second kappa shape index (κ2) is 6.27. The van der Waals surface area contributed by atoms with Crippen LogP contribution in [0.5, 0.6) is 5.75 Å². The van der Waals surface area contributed by atoms with Crippen LogP contribution >= 0.6 is 11.6 Å². The van der Waals surface area contributed by atoms with E-state index in [1.165, 1.54) is 6.07 Å². The Morgan fingerprint density at radius 3 is 2.45 bits per heavy atom. The fourth-order valence-corrected chi connectivity index (χ4v) is 2.57. The number of hydrogen-bond acceptors (Lipinski definition) is 1. The van der Waals surface area contributed by atoms with Gasteiger partial charge in [-0.1, -0.05) is 30.7 Å². The van der Waals surface area contributed by atoms with Crippen molar-refractivity contribution < 1.29 is 9.13 Å². The normalized spacial score (nSPS) is 10.7. The molecule has 0 fully saturated rings. The van der Waals surface area contributed by atoms with Crippen molar-refractivity contribution >= 4 is 11.6 Å². The van der Waals surface area contributed by atoms with E-state index in [4.69, 9.17) is 16.3 Å². The Morgan fingerprint density at radius 1 is 1.10 bits per heavy atom. The first-order chi connectivity index (χ1) is 9.60. The zero-order chi connectivity index (χ0) is 14.7. The summed E-state index contributed by atoms with van der Waals surface area (Å²) in [5.41, 5.74) is 4.75. The van der Waals surface area contributed by atoms with Gasteiger partial charge in [-0.25, -0.2) is 4.39 Å². The fraction of sp³-hybridized carbons (Fsp3) is 0.294. The van der Waals surface area contributed by atoms with E-state index in [9.17, 15) is 4.39 Å². The molecule has 0 unspecified atom stereocenters. The number of aryl methyl sites for hydroxylation is 2. The van der Waals surface area contributed by atoms with Gasteiger partial charge < -0.3 is 4.74 Å².